The van der Waals surface area contributed by atoms with Crippen molar-refractivity contribution in [3.63, 3.8) is 0 Å². The standard InChI is InChI=1S/C6H6IN3O2/c7-12-6(11)4-2-1-3-5(9-4)10-8/h1-3H,8H2,(H,9,10). The van der Waals surface area contributed by atoms with Gasteiger partial charge in [-0.2, -0.15) is 0 Å². The monoisotopic (exact) mass is 279 g/mol. The molecule has 1 heterocycles. The van der Waals surface area contributed by atoms with Crippen molar-refractivity contribution in [2.75, 3.05) is 5.43 Å². The van der Waals surface area contributed by atoms with E-state index in [2.05, 4.69) is 13.5 Å². The average Bonchev–Trinajstić information content (AvgIpc) is 2.17. The van der Waals surface area contributed by atoms with Crippen LogP contribution in [0.15, 0.2) is 18.2 Å². The maximum atomic E-state index is 10.9. The van der Waals surface area contributed by atoms with Crippen LogP contribution in [0.25, 0.3) is 0 Å². The second kappa shape index (κ2) is 4.21. The minimum absolute atomic E-state index is 0.222. The van der Waals surface area contributed by atoms with Gasteiger partial charge in [-0.25, -0.2) is 15.6 Å². The molecule has 0 spiro atoms. The molecule has 1 aromatic rings. The maximum absolute atomic E-state index is 10.9. The number of nitrogens with two attached hydrogens (primary N) is 1. The summed E-state index contributed by atoms with van der Waals surface area (Å²) in [6, 6.07) is 4.84. The summed E-state index contributed by atoms with van der Waals surface area (Å²) >= 11 is 1.50. The molecule has 3 N–H and O–H groups in total. The number of hydrazine groups is 1. The molecule has 0 aliphatic carbocycles. The molecule has 0 aromatic carbocycles. The fraction of sp³-hybridized carbons (Fsp3) is 0. The lowest BCUT2D eigenvalue weighted by Gasteiger charge is -1.99. The summed E-state index contributed by atoms with van der Waals surface area (Å²) in [6.07, 6.45) is 0. The first-order chi connectivity index (χ1) is 5.77. The lowest BCUT2D eigenvalue weighted by Crippen LogP contribution is -2.10. The van der Waals surface area contributed by atoms with E-state index in [-0.39, 0.29) is 5.69 Å². The molecule has 5 nitrogen and oxygen atoms in total. The van der Waals surface area contributed by atoms with E-state index in [1.165, 1.54) is 23.0 Å². The zero-order chi connectivity index (χ0) is 8.97. The molecule has 0 amide bonds. The third kappa shape index (κ3) is 2.05. The molecule has 12 heavy (non-hydrogen) atoms. The normalized spacial score (nSPS) is 9.17. The van der Waals surface area contributed by atoms with E-state index in [1.54, 1.807) is 18.2 Å². The largest absolute Gasteiger partial charge is 0.390 e. The molecule has 0 aliphatic rings. The first-order valence-electron chi connectivity index (χ1n) is 3.04. The van der Waals surface area contributed by atoms with Crippen molar-refractivity contribution >= 4 is 34.8 Å². The third-order valence-electron chi connectivity index (χ3n) is 1.18. The fourth-order valence-corrected chi connectivity index (χ4v) is 0.894. The number of hydrogen-bond acceptors (Lipinski definition) is 5. The number of nitrogens with zero attached hydrogens (tertiary/aromatic N) is 1. The molecule has 64 valence electrons. The van der Waals surface area contributed by atoms with Crippen LogP contribution < -0.4 is 11.3 Å². The number of rotatable bonds is 2. The third-order valence-corrected chi connectivity index (χ3v) is 1.58. The number of hydrogen-bond donors (Lipinski definition) is 2. The molecule has 0 saturated heterocycles. The van der Waals surface area contributed by atoms with Crippen LogP contribution in [0.4, 0.5) is 5.82 Å². The number of carbonyl (C=O) groups is 1. The highest BCUT2D eigenvalue weighted by Crippen LogP contribution is 2.05. The Bertz CT molecular complexity index is 292. The SMILES string of the molecule is NNc1cccc(C(=O)OI)n1. The van der Waals surface area contributed by atoms with Crippen LogP contribution >= 0.6 is 23.0 Å². The Morgan fingerprint density at radius 3 is 3.00 bits per heavy atom. The summed E-state index contributed by atoms with van der Waals surface area (Å²) in [5.74, 6) is 5.03. The molecular formula is C6H6IN3O2. The van der Waals surface area contributed by atoms with Crippen molar-refractivity contribution in [1.29, 1.82) is 0 Å². The minimum Gasteiger partial charge on any atom is -0.390 e. The van der Waals surface area contributed by atoms with Crippen molar-refractivity contribution in [2.45, 2.75) is 0 Å². The van der Waals surface area contributed by atoms with Crippen molar-refractivity contribution < 1.29 is 7.86 Å². The van der Waals surface area contributed by atoms with Crippen LogP contribution in [0.1, 0.15) is 10.5 Å². The second-order valence-electron chi connectivity index (χ2n) is 1.92. The highest BCUT2D eigenvalue weighted by molar-refractivity contribution is 14.1. The summed E-state index contributed by atoms with van der Waals surface area (Å²) < 4.78 is 4.44. The van der Waals surface area contributed by atoms with E-state index < -0.39 is 5.97 Å². The maximum Gasteiger partial charge on any atom is 0.366 e. The molecule has 0 fully saturated rings. The van der Waals surface area contributed by atoms with Gasteiger partial charge in [0.05, 0.1) is 0 Å². The van der Waals surface area contributed by atoms with Gasteiger partial charge in [-0.15, -0.1) is 0 Å². The Kier molecular flexibility index (Phi) is 3.23. The molecule has 0 bridgehead atoms. The second-order valence-corrected chi connectivity index (χ2v) is 2.36. The van der Waals surface area contributed by atoms with Gasteiger partial charge in [0.15, 0.2) is 28.7 Å². The molecule has 1 aromatic heterocycles. The van der Waals surface area contributed by atoms with Crippen LogP contribution in [0.3, 0.4) is 0 Å². The van der Waals surface area contributed by atoms with Gasteiger partial charge < -0.3 is 8.49 Å². The average molecular weight is 279 g/mol. The lowest BCUT2D eigenvalue weighted by atomic mass is 10.3. The van der Waals surface area contributed by atoms with Gasteiger partial charge in [-0.3, -0.25) is 0 Å². The summed E-state index contributed by atoms with van der Waals surface area (Å²) in [5, 5.41) is 0. The Morgan fingerprint density at radius 1 is 1.67 bits per heavy atom. The first-order valence-corrected chi connectivity index (χ1v) is 3.92. The molecule has 1 rings (SSSR count). The molecule has 0 saturated carbocycles. The molecule has 6 heteroatoms. The van der Waals surface area contributed by atoms with Gasteiger partial charge in [0.1, 0.15) is 5.82 Å². The number of nitrogens with one attached hydrogen (secondary N) is 1. The zero-order valence-electron chi connectivity index (χ0n) is 5.95. The summed E-state index contributed by atoms with van der Waals surface area (Å²) in [7, 11) is 0. The van der Waals surface area contributed by atoms with E-state index in [1.807, 2.05) is 0 Å². The van der Waals surface area contributed by atoms with Crippen molar-refractivity contribution in [2.24, 2.45) is 5.84 Å². The van der Waals surface area contributed by atoms with E-state index in [0.29, 0.717) is 5.82 Å². The lowest BCUT2D eigenvalue weighted by molar-refractivity contribution is 0.0794. The number of aromatic nitrogens is 1. The number of nitrogen functional groups attached to an aromatic ring is 1. The van der Waals surface area contributed by atoms with Gasteiger partial charge in [0.25, 0.3) is 0 Å². The van der Waals surface area contributed by atoms with Gasteiger partial charge in [-0.05, 0) is 12.1 Å². The smallest absolute Gasteiger partial charge is 0.366 e. The molecule has 0 aliphatic heterocycles. The topological polar surface area (TPSA) is 77.2 Å². The predicted molar refractivity (Wildman–Crippen MR) is 51.5 cm³/mol. The van der Waals surface area contributed by atoms with Crippen LogP contribution in [0.5, 0.6) is 0 Å². The van der Waals surface area contributed by atoms with Gasteiger partial charge in [0, 0.05) is 0 Å². The summed E-state index contributed by atoms with van der Waals surface area (Å²) in [6.45, 7) is 0. The van der Waals surface area contributed by atoms with E-state index in [0.717, 1.165) is 0 Å². The number of carbonyl (C=O) groups excluding carboxylic acids is 1. The van der Waals surface area contributed by atoms with Crippen LogP contribution in [-0.2, 0) is 3.07 Å². The Balaban J connectivity index is 2.93. The Morgan fingerprint density at radius 2 is 2.42 bits per heavy atom. The van der Waals surface area contributed by atoms with E-state index >= 15 is 0 Å². The molecule has 0 unspecified atom stereocenters. The molecule has 0 radical (unpaired) electrons. The summed E-state index contributed by atoms with van der Waals surface area (Å²) in [4.78, 5) is 14.8. The van der Waals surface area contributed by atoms with E-state index in [4.69, 9.17) is 5.84 Å². The van der Waals surface area contributed by atoms with Gasteiger partial charge in [0.2, 0.25) is 0 Å². The van der Waals surface area contributed by atoms with Gasteiger partial charge in [-0.1, -0.05) is 6.07 Å². The van der Waals surface area contributed by atoms with Crippen LogP contribution in [-0.4, -0.2) is 11.0 Å². The van der Waals surface area contributed by atoms with Crippen molar-refractivity contribution in [3.05, 3.63) is 23.9 Å². The van der Waals surface area contributed by atoms with Crippen molar-refractivity contribution in [3.8, 4) is 0 Å². The Hall–Kier alpha value is -0.890. The number of pyridine rings is 1. The van der Waals surface area contributed by atoms with Crippen molar-refractivity contribution in [1.82, 2.24) is 4.98 Å². The van der Waals surface area contributed by atoms with Crippen LogP contribution in [0, 0.1) is 0 Å². The Labute approximate surface area is 83.0 Å². The first kappa shape index (κ1) is 9.20. The summed E-state index contributed by atoms with van der Waals surface area (Å²) in [5.41, 5.74) is 2.55. The predicted octanol–water partition coefficient (Wildman–Crippen LogP) is 0.874. The number of halogens is 1. The molecule has 0 atom stereocenters. The van der Waals surface area contributed by atoms with E-state index in [9.17, 15) is 4.79 Å². The number of anilines is 1. The van der Waals surface area contributed by atoms with Gasteiger partial charge >= 0.3 is 5.97 Å². The van der Waals surface area contributed by atoms with Crippen LogP contribution in [0.2, 0.25) is 0 Å². The molecular weight excluding hydrogens is 273 g/mol. The zero-order valence-corrected chi connectivity index (χ0v) is 8.11. The highest BCUT2D eigenvalue weighted by atomic mass is 127. The fourth-order valence-electron chi connectivity index (χ4n) is 0.668. The minimum atomic E-state index is -0.493. The highest BCUT2D eigenvalue weighted by Gasteiger charge is 2.07. The quantitative estimate of drug-likeness (QED) is 0.477.